The molecule has 0 atom stereocenters. The average Bonchev–Trinajstić information content (AvgIpc) is 2.55. The van der Waals surface area contributed by atoms with Gasteiger partial charge in [-0.25, -0.2) is 8.42 Å². The fraction of sp³-hybridized carbons (Fsp3) is 0.188. The number of nitrogens with one attached hydrogen (secondary N) is 1. The Morgan fingerprint density at radius 3 is 2.44 bits per heavy atom. The number of sulfonamides is 1. The summed E-state index contributed by atoms with van der Waals surface area (Å²) in [5, 5.41) is 3.25. The Bertz CT molecular complexity index is 889. The Labute approximate surface area is 161 Å². The number of amides is 1. The summed E-state index contributed by atoms with van der Waals surface area (Å²) in [6.07, 6.45) is 2.92. The van der Waals surface area contributed by atoms with E-state index in [2.05, 4.69) is 5.32 Å². The molecule has 134 valence electrons. The van der Waals surface area contributed by atoms with E-state index in [-0.39, 0.29) is 17.3 Å². The van der Waals surface area contributed by atoms with Gasteiger partial charge in [-0.1, -0.05) is 35.3 Å². The first-order valence-electron chi connectivity index (χ1n) is 7.08. The van der Waals surface area contributed by atoms with Gasteiger partial charge < -0.3 is 5.32 Å². The second-order valence-corrected chi connectivity index (χ2v) is 8.69. The Morgan fingerprint density at radius 2 is 1.84 bits per heavy atom. The summed E-state index contributed by atoms with van der Waals surface area (Å²) in [7, 11) is -3.69. The van der Waals surface area contributed by atoms with Crippen LogP contribution in [0.15, 0.2) is 47.4 Å². The lowest BCUT2D eigenvalue weighted by Crippen LogP contribution is -2.37. The molecule has 0 radical (unpaired) electrons. The van der Waals surface area contributed by atoms with Crippen molar-refractivity contribution in [1.29, 1.82) is 0 Å². The van der Waals surface area contributed by atoms with Crippen LogP contribution >= 0.6 is 35.0 Å². The van der Waals surface area contributed by atoms with E-state index in [0.29, 0.717) is 10.7 Å². The van der Waals surface area contributed by atoms with Crippen LogP contribution in [0.25, 0.3) is 0 Å². The van der Waals surface area contributed by atoms with Crippen molar-refractivity contribution in [3.63, 3.8) is 0 Å². The van der Waals surface area contributed by atoms with Crippen LogP contribution in [0.3, 0.4) is 0 Å². The first-order chi connectivity index (χ1) is 11.7. The molecule has 0 fully saturated rings. The van der Waals surface area contributed by atoms with Gasteiger partial charge in [0.25, 0.3) is 0 Å². The number of anilines is 2. The van der Waals surface area contributed by atoms with Gasteiger partial charge in [0, 0.05) is 4.90 Å². The normalized spacial score (nSPS) is 11.2. The van der Waals surface area contributed by atoms with Gasteiger partial charge in [-0.15, -0.1) is 11.8 Å². The number of carbonyl (C=O) groups excluding carboxylic acids is 1. The van der Waals surface area contributed by atoms with Crippen LogP contribution < -0.4 is 9.62 Å². The van der Waals surface area contributed by atoms with Crippen molar-refractivity contribution in [3.8, 4) is 0 Å². The summed E-state index contributed by atoms with van der Waals surface area (Å²) in [5.74, 6) is -0.460. The van der Waals surface area contributed by atoms with E-state index in [1.54, 1.807) is 12.1 Å². The maximum Gasteiger partial charge on any atom is 0.245 e. The van der Waals surface area contributed by atoms with Crippen LogP contribution in [0.2, 0.25) is 10.0 Å². The fourth-order valence-electron chi connectivity index (χ4n) is 2.11. The molecule has 2 aromatic carbocycles. The first-order valence-corrected chi connectivity index (χ1v) is 10.9. The molecule has 1 amide bonds. The lowest BCUT2D eigenvalue weighted by Gasteiger charge is -2.22. The van der Waals surface area contributed by atoms with E-state index in [9.17, 15) is 13.2 Å². The number of nitrogens with zero attached hydrogens (tertiary/aromatic N) is 1. The van der Waals surface area contributed by atoms with Crippen LogP contribution in [0.5, 0.6) is 0 Å². The first kappa shape index (κ1) is 19.9. The third-order valence-electron chi connectivity index (χ3n) is 3.26. The second-order valence-electron chi connectivity index (χ2n) is 5.12. The summed E-state index contributed by atoms with van der Waals surface area (Å²) in [4.78, 5) is 13.3. The fourth-order valence-corrected chi connectivity index (χ4v) is 3.80. The third-order valence-corrected chi connectivity index (χ3v) is 5.94. The van der Waals surface area contributed by atoms with E-state index >= 15 is 0 Å². The average molecular weight is 419 g/mol. The minimum Gasteiger partial charge on any atom is -0.323 e. The Balaban J connectivity index is 2.25. The van der Waals surface area contributed by atoms with Crippen LogP contribution in [0.4, 0.5) is 11.4 Å². The van der Waals surface area contributed by atoms with Crippen molar-refractivity contribution >= 4 is 62.3 Å². The SMILES string of the molecule is CSc1ccccc1NC(=O)CN(c1ccc(Cl)c(Cl)c1)S(C)(=O)=O. The standard InChI is InChI=1S/C16H16Cl2N2O3S2/c1-24-15-6-4-3-5-14(15)19-16(21)10-20(25(2,22)23)11-7-8-12(17)13(18)9-11/h3-9H,10H2,1-2H3,(H,19,21). The van der Waals surface area contributed by atoms with Gasteiger partial charge in [-0.05, 0) is 36.6 Å². The van der Waals surface area contributed by atoms with E-state index in [1.165, 1.54) is 30.0 Å². The maximum atomic E-state index is 12.4. The molecule has 2 aromatic rings. The third kappa shape index (κ3) is 5.28. The molecule has 5 nitrogen and oxygen atoms in total. The number of carbonyl (C=O) groups is 1. The summed E-state index contributed by atoms with van der Waals surface area (Å²) in [6, 6.07) is 11.7. The highest BCUT2D eigenvalue weighted by Crippen LogP contribution is 2.29. The van der Waals surface area contributed by atoms with Crippen molar-refractivity contribution in [1.82, 2.24) is 0 Å². The molecule has 1 N–H and O–H groups in total. The number of rotatable bonds is 6. The molecule has 0 aliphatic carbocycles. The predicted octanol–water partition coefficient (Wildman–Crippen LogP) is 4.12. The monoisotopic (exact) mass is 418 g/mol. The number of halogens is 2. The largest absolute Gasteiger partial charge is 0.323 e. The highest BCUT2D eigenvalue weighted by atomic mass is 35.5. The smallest absolute Gasteiger partial charge is 0.245 e. The number of benzene rings is 2. The molecule has 2 rings (SSSR count). The molecule has 0 spiro atoms. The van der Waals surface area contributed by atoms with Crippen molar-refractivity contribution < 1.29 is 13.2 Å². The molecule has 0 saturated heterocycles. The number of para-hydroxylation sites is 1. The second kappa shape index (κ2) is 8.31. The summed E-state index contributed by atoms with van der Waals surface area (Å²) >= 11 is 13.3. The molecule has 9 heteroatoms. The van der Waals surface area contributed by atoms with E-state index in [1.807, 2.05) is 18.4 Å². The Kier molecular flexibility index (Phi) is 6.62. The summed E-state index contributed by atoms with van der Waals surface area (Å²) in [6.45, 7) is -0.375. The molecule has 0 heterocycles. The van der Waals surface area contributed by atoms with Gasteiger partial charge in [-0.2, -0.15) is 0 Å². The van der Waals surface area contributed by atoms with Gasteiger partial charge in [0.05, 0.1) is 27.7 Å². The minimum absolute atomic E-state index is 0.209. The zero-order valence-corrected chi connectivity index (χ0v) is 16.6. The summed E-state index contributed by atoms with van der Waals surface area (Å²) in [5.41, 5.74) is 0.896. The van der Waals surface area contributed by atoms with E-state index in [0.717, 1.165) is 15.5 Å². The van der Waals surface area contributed by atoms with Crippen LogP contribution in [-0.4, -0.2) is 33.4 Å². The zero-order valence-electron chi connectivity index (χ0n) is 13.5. The Hall–Kier alpha value is -1.41. The molecule has 0 aliphatic heterocycles. The van der Waals surface area contributed by atoms with Crippen LogP contribution in [0.1, 0.15) is 0 Å². The van der Waals surface area contributed by atoms with Crippen molar-refractivity contribution in [2.75, 3.05) is 28.7 Å². The van der Waals surface area contributed by atoms with Gasteiger partial charge in [0.2, 0.25) is 15.9 Å². The molecule has 0 aromatic heterocycles. The van der Waals surface area contributed by atoms with Crippen LogP contribution in [-0.2, 0) is 14.8 Å². The van der Waals surface area contributed by atoms with E-state index in [4.69, 9.17) is 23.2 Å². The minimum atomic E-state index is -3.69. The van der Waals surface area contributed by atoms with Gasteiger partial charge in [0.1, 0.15) is 6.54 Å². The molecular formula is C16H16Cl2N2O3S2. The number of hydrogen-bond donors (Lipinski definition) is 1. The number of hydrogen-bond acceptors (Lipinski definition) is 4. The predicted molar refractivity (Wildman–Crippen MR) is 106 cm³/mol. The maximum absolute atomic E-state index is 12.4. The molecule has 0 saturated carbocycles. The topological polar surface area (TPSA) is 66.5 Å². The zero-order chi connectivity index (χ0) is 18.6. The molecule has 0 unspecified atom stereocenters. The van der Waals surface area contributed by atoms with E-state index < -0.39 is 15.9 Å². The lowest BCUT2D eigenvalue weighted by atomic mass is 10.3. The Morgan fingerprint density at radius 1 is 1.16 bits per heavy atom. The summed E-state index contributed by atoms with van der Waals surface area (Å²) < 4.78 is 25.2. The van der Waals surface area contributed by atoms with Crippen molar-refractivity contribution in [2.24, 2.45) is 0 Å². The molecule has 0 aliphatic rings. The quantitative estimate of drug-likeness (QED) is 0.716. The highest BCUT2D eigenvalue weighted by Gasteiger charge is 2.22. The van der Waals surface area contributed by atoms with Gasteiger partial charge in [-0.3, -0.25) is 9.10 Å². The lowest BCUT2D eigenvalue weighted by molar-refractivity contribution is -0.114. The van der Waals surface area contributed by atoms with Gasteiger partial charge >= 0.3 is 0 Å². The highest BCUT2D eigenvalue weighted by molar-refractivity contribution is 7.98. The van der Waals surface area contributed by atoms with Gasteiger partial charge in [0.15, 0.2) is 0 Å². The molecule has 25 heavy (non-hydrogen) atoms. The van der Waals surface area contributed by atoms with Crippen molar-refractivity contribution in [2.45, 2.75) is 4.90 Å². The van der Waals surface area contributed by atoms with Crippen LogP contribution in [0, 0.1) is 0 Å². The van der Waals surface area contributed by atoms with Crippen molar-refractivity contribution in [3.05, 3.63) is 52.5 Å². The molecular weight excluding hydrogens is 403 g/mol. The molecule has 0 bridgehead atoms. The number of thioether (sulfide) groups is 1.